The van der Waals surface area contributed by atoms with Gasteiger partial charge in [0, 0.05) is 11.7 Å². The van der Waals surface area contributed by atoms with Gasteiger partial charge >= 0.3 is 11.7 Å². The number of hydrogen-bond acceptors (Lipinski definition) is 8. The van der Waals surface area contributed by atoms with Crippen molar-refractivity contribution in [3.05, 3.63) is 46.3 Å². The predicted molar refractivity (Wildman–Crippen MR) is 95.6 cm³/mol. The van der Waals surface area contributed by atoms with Gasteiger partial charge in [-0.2, -0.15) is 0 Å². The molecule has 1 aliphatic carbocycles. The number of carbonyl (C=O) groups is 1. The predicted octanol–water partition coefficient (Wildman–Crippen LogP) is 3.27. The number of esters is 1. The van der Waals surface area contributed by atoms with Crippen LogP contribution >= 0.6 is 0 Å². The van der Waals surface area contributed by atoms with Crippen LogP contribution in [0.1, 0.15) is 36.0 Å². The Morgan fingerprint density at radius 2 is 1.85 bits per heavy atom. The van der Waals surface area contributed by atoms with Crippen molar-refractivity contribution in [2.45, 2.75) is 31.7 Å². The fourth-order valence-corrected chi connectivity index (χ4v) is 2.96. The maximum Gasteiger partial charge on any atom is 0.353 e. The molecule has 1 aromatic carbocycles. The van der Waals surface area contributed by atoms with Crippen molar-refractivity contribution in [2.75, 3.05) is 17.7 Å². The van der Waals surface area contributed by atoms with Crippen LogP contribution in [0.25, 0.3) is 0 Å². The van der Waals surface area contributed by atoms with Crippen molar-refractivity contribution in [1.82, 2.24) is 9.97 Å². The van der Waals surface area contributed by atoms with Crippen LogP contribution in [0.15, 0.2) is 30.6 Å². The number of carbonyl (C=O) groups excluding carboxylic acids is 1. The molecule has 136 valence electrons. The zero-order valence-electron chi connectivity index (χ0n) is 14.3. The molecule has 0 unspecified atom stereocenters. The quantitative estimate of drug-likeness (QED) is 0.459. The molecule has 2 N–H and O–H groups in total. The second kappa shape index (κ2) is 7.77. The average Bonchev–Trinajstić information content (AvgIpc) is 3.14. The number of nitro groups is 1. The van der Waals surface area contributed by atoms with Crippen LogP contribution in [0, 0.1) is 10.1 Å². The Labute approximate surface area is 150 Å². The number of hydrogen-bond donors (Lipinski definition) is 2. The summed E-state index contributed by atoms with van der Waals surface area (Å²) in [5, 5.41) is 17.6. The zero-order chi connectivity index (χ0) is 18.5. The van der Waals surface area contributed by atoms with Gasteiger partial charge in [0.1, 0.15) is 6.33 Å². The molecule has 0 radical (unpaired) electrons. The molecular formula is C17H19N5O4. The van der Waals surface area contributed by atoms with Crippen molar-refractivity contribution in [1.29, 1.82) is 0 Å². The lowest BCUT2D eigenvalue weighted by atomic mass is 10.2. The van der Waals surface area contributed by atoms with Crippen LogP contribution in [-0.2, 0) is 4.74 Å². The Morgan fingerprint density at radius 1 is 1.19 bits per heavy atom. The Balaban J connectivity index is 1.84. The lowest BCUT2D eigenvalue weighted by Crippen LogP contribution is -2.17. The number of anilines is 3. The third kappa shape index (κ3) is 3.88. The maximum absolute atomic E-state index is 11.6. The van der Waals surface area contributed by atoms with Crippen LogP contribution in [0.5, 0.6) is 0 Å². The summed E-state index contributed by atoms with van der Waals surface area (Å²) >= 11 is 0. The highest BCUT2D eigenvalue weighted by atomic mass is 16.6. The van der Waals surface area contributed by atoms with Crippen LogP contribution in [0.2, 0.25) is 0 Å². The summed E-state index contributed by atoms with van der Waals surface area (Å²) in [5.41, 5.74) is 0.751. The first kappa shape index (κ1) is 17.6. The number of methoxy groups -OCH3 is 1. The number of rotatable bonds is 6. The number of ether oxygens (including phenoxy) is 1. The van der Waals surface area contributed by atoms with E-state index in [1.165, 1.54) is 13.4 Å². The largest absolute Gasteiger partial charge is 0.465 e. The van der Waals surface area contributed by atoms with Crippen LogP contribution in [0.4, 0.5) is 23.0 Å². The van der Waals surface area contributed by atoms with Crippen molar-refractivity contribution in [3.63, 3.8) is 0 Å². The van der Waals surface area contributed by atoms with E-state index in [1.807, 2.05) is 0 Å². The number of nitrogens with one attached hydrogen (secondary N) is 2. The molecule has 0 aliphatic heterocycles. The normalized spacial score (nSPS) is 14.0. The molecule has 26 heavy (non-hydrogen) atoms. The topological polar surface area (TPSA) is 119 Å². The summed E-state index contributed by atoms with van der Waals surface area (Å²) in [7, 11) is 1.30. The summed E-state index contributed by atoms with van der Waals surface area (Å²) in [6, 6.07) is 6.58. The first-order chi connectivity index (χ1) is 12.6. The molecule has 1 heterocycles. The molecule has 0 atom stereocenters. The number of aromatic nitrogens is 2. The van der Waals surface area contributed by atoms with Gasteiger partial charge in [-0.05, 0) is 37.1 Å². The summed E-state index contributed by atoms with van der Waals surface area (Å²) in [6.07, 6.45) is 5.44. The van der Waals surface area contributed by atoms with E-state index >= 15 is 0 Å². The van der Waals surface area contributed by atoms with Gasteiger partial charge < -0.3 is 15.4 Å². The summed E-state index contributed by atoms with van der Waals surface area (Å²) in [6.45, 7) is 0. The van der Waals surface area contributed by atoms with Gasteiger partial charge in [0.15, 0.2) is 0 Å². The maximum atomic E-state index is 11.6. The molecule has 1 aromatic heterocycles. The minimum Gasteiger partial charge on any atom is -0.465 e. The Kier molecular flexibility index (Phi) is 5.26. The van der Waals surface area contributed by atoms with E-state index < -0.39 is 10.9 Å². The molecule has 9 nitrogen and oxygen atoms in total. The van der Waals surface area contributed by atoms with Gasteiger partial charge in [-0.15, -0.1) is 0 Å². The highest BCUT2D eigenvalue weighted by Crippen LogP contribution is 2.33. The van der Waals surface area contributed by atoms with Crippen molar-refractivity contribution in [3.8, 4) is 0 Å². The van der Waals surface area contributed by atoms with Gasteiger partial charge in [0.2, 0.25) is 11.6 Å². The summed E-state index contributed by atoms with van der Waals surface area (Å²) in [5.74, 6) is -0.144. The summed E-state index contributed by atoms with van der Waals surface area (Å²) in [4.78, 5) is 30.6. The van der Waals surface area contributed by atoms with Crippen molar-refractivity contribution < 1.29 is 14.5 Å². The van der Waals surface area contributed by atoms with E-state index in [0.717, 1.165) is 25.7 Å². The minimum absolute atomic E-state index is 0.0938. The smallest absolute Gasteiger partial charge is 0.353 e. The SMILES string of the molecule is COC(=O)c1ccc(Nc2ncnc(NC3CCCC3)c2[N+](=O)[O-])cc1. The zero-order valence-corrected chi connectivity index (χ0v) is 14.3. The van der Waals surface area contributed by atoms with Gasteiger partial charge in [0.05, 0.1) is 17.6 Å². The van der Waals surface area contributed by atoms with Gasteiger partial charge in [-0.3, -0.25) is 10.1 Å². The average molecular weight is 357 g/mol. The standard InChI is InChI=1S/C17H19N5O4/c1-26-17(23)11-6-8-13(9-7-11)21-16-14(22(24)25)15(18-10-19-16)20-12-4-2-3-5-12/h6-10,12H,2-5H2,1H3,(H2,18,19,20,21). The van der Waals surface area contributed by atoms with Crippen molar-refractivity contribution >= 4 is 29.0 Å². The highest BCUT2D eigenvalue weighted by molar-refractivity contribution is 5.89. The van der Waals surface area contributed by atoms with E-state index in [1.54, 1.807) is 24.3 Å². The molecule has 1 saturated carbocycles. The van der Waals surface area contributed by atoms with E-state index in [4.69, 9.17) is 0 Å². The third-order valence-corrected chi connectivity index (χ3v) is 4.27. The Hall–Kier alpha value is -3.23. The summed E-state index contributed by atoms with van der Waals surface area (Å²) < 4.78 is 4.65. The first-order valence-electron chi connectivity index (χ1n) is 8.30. The monoisotopic (exact) mass is 357 g/mol. The number of benzene rings is 1. The van der Waals surface area contributed by atoms with Crippen molar-refractivity contribution in [2.24, 2.45) is 0 Å². The highest BCUT2D eigenvalue weighted by Gasteiger charge is 2.26. The first-order valence-corrected chi connectivity index (χ1v) is 8.30. The molecule has 0 amide bonds. The fraction of sp³-hybridized carbons (Fsp3) is 0.353. The lowest BCUT2D eigenvalue weighted by Gasteiger charge is -2.14. The second-order valence-corrected chi connectivity index (χ2v) is 6.00. The van der Waals surface area contributed by atoms with Crippen LogP contribution < -0.4 is 10.6 Å². The molecule has 9 heteroatoms. The fourth-order valence-electron chi connectivity index (χ4n) is 2.96. The van der Waals surface area contributed by atoms with E-state index in [-0.39, 0.29) is 23.4 Å². The Bertz CT molecular complexity index is 803. The Morgan fingerprint density at radius 3 is 2.46 bits per heavy atom. The molecule has 0 spiro atoms. The molecule has 1 aliphatic rings. The number of nitrogens with zero attached hydrogens (tertiary/aromatic N) is 3. The van der Waals surface area contributed by atoms with Crippen LogP contribution in [-0.4, -0.2) is 34.0 Å². The molecule has 0 saturated heterocycles. The van der Waals surface area contributed by atoms with E-state index in [2.05, 4.69) is 25.3 Å². The van der Waals surface area contributed by atoms with Crippen LogP contribution in [0.3, 0.4) is 0 Å². The molecule has 2 aromatic rings. The second-order valence-electron chi connectivity index (χ2n) is 6.00. The van der Waals surface area contributed by atoms with Gasteiger partial charge in [0.25, 0.3) is 0 Å². The molecule has 1 fully saturated rings. The minimum atomic E-state index is -0.498. The third-order valence-electron chi connectivity index (χ3n) is 4.27. The molecule has 3 rings (SSSR count). The van der Waals surface area contributed by atoms with Gasteiger partial charge in [-0.25, -0.2) is 14.8 Å². The van der Waals surface area contributed by atoms with E-state index in [0.29, 0.717) is 11.3 Å². The molecule has 0 bridgehead atoms. The molecular weight excluding hydrogens is 338 g/mol. The van der Waals surface area contributed by atoms with E-state index in [9.17, 15) is 14.9 Å². The van der Waals surface area contributed by atoms with Gasteiger partial charge in [-0.1, -0.05) is 12.8 Å². The lowest BCUT2D eigenvalue weighted by molar-refractivity contribution is -0.383.